The van der Waals surface area contributed by atoms with Crippen LogP contribution in [0.1, 0.15) is 87.0 Å². The zero-order valence-electron chi connectivity index (χ0n) is 23.2. The third-order valence-electron chi connectivity index (χ3n) is 10.9. The van der Waals surface area contributed by atoms with Gasteiger partial charge in [-0.2, -0.15) is 0 Å². The summed E-state index contributed by atoms with van der Waals surface area (Å²) in [6, 6.07) is 0. The number of rotatable bonds is 5. The molecule has 0 radical (unpaired) electrons. The molecular weight excluding hydrogens is 492 g/mol. The van der Waals surface area contributed by atoms with Crippen molar-refractivity contribution in [3.05, 3.63) is 11.1 Å². The highest BCUT2D eigenvalue weighted by atomic mass is 16.5. The summed E-state index contributed by atoms with van der Waals surface area (Å²) in [7, 11) is 0. The van der Waals surface area contributed by atoms with E-state index in [4.69, 9.17) is 4.74 Å². The summed E-state index contributed by atoms with van der Waals surface area (Å²) in [5.41, 5.74) is -6.27. The summed E-state index contributed by atoms with van der Waals surface area (Å²) in [4.78, 5) is 79.0. The van der Waals surface area contributed by atoms with Crippen molar-refractivity contribution in [3.63, 3.8) is 0 Å². The summed E-state index contributed by atoms with van der Waals surface area (Å²) in [5, 5.41) is 20.8. The molecule has 9 nitrogen and oxygen atoms in total. The van der Waals surface area contributed by atoms with Gasteiger partial charge in [0.25, 0.3) is 0 Å². The topological polar surface area (TPSA) is 152 Å². The van der Waals surface area contributed by atoms with Gasteiger partial charge in [-0.3, -0.25) is 28.8 Å². The number of carbonyl (C=O) groups is 6. The van der Waals surface area contributed by atoms with Gasteiger partial charge in [0, 0.05) is 65.9 Å². The Kier molecular flexibility index (Phi) is 6.27. The third kappa shape index (κ3) is 3.46. The summed E-state index contributed by atoms with van der Waals surface area (Å²) < 4.78 is 5.69. The molecule has 2 saturated carbocycles. The quantitative estimate of drug-likeness (QED) is 0.511. The van der Waals surface area contributed by atoms with Crippen LogP contribution in [0.3, 0.4) is 0 Å². The Labute approximate surface area is 222 Å². The van der Waals surface area contributed by atoms with Crippen LogP contribution in [0.15, 0.2) is 11.1 Å². The molecule has 208 valence electrons. The van der Waals surface area contributed by atoms with Gasteiger partial charge >= 0.3 is 11.9 Å². The number of ketones is 4. The fraction of sp³-hybridized carbons (Fsp3) is 0.724. The number of carboxylic acids is 1. The Balaban J connectivity index is 2.01. The number of ether oxygens (including phenoxy) is 1. The molecule has 38 heavy (non-hydrogen) atoms. The number of Topliss-reactive ketones (excluding diaryl/α,β-unsaturated/α-hetero) is 4. The summed E-state index contributed by atoms with van der Waals surface area (Å²) in [5.74, 6) is -4.61. The lowest BCUT2D eigenvalue weighted by molar-refractivity contribution is -0.183. The highest BCUT2D eigenvalue weighted by Gasteiger charge is 2.76. The van der Waals surface area contributed by atoms with Gasteiger partial charge in [-0.15, -0.1) is 0 Å². The highest BCUT2D eigenvalue weighted by Crippen LogP contribution is 2.70. The van der Waals surface area contributed by atoms with Gasteiger partial charge in [-0.05, 0) is 32.6 Å². The van der Waals surface area contributed by atoms with E-state index in [1.54, 1.807) is 27.7 Å². The zero-order chi connectivity index (χ0) is 28.8. The van der Waals surface area contributed by atoms with Gasteiger partial charge in [0.2, 0.25) is 5.78 Å². The smallest absolute Gasteiger partial charge is 0.303 e. The molecule has 0 aliphatic heterocycles. The lowest BCUT2D eigenvalue weighted by Crippen LogP contribution is -2.65. The minimum Gasteiger partial charge on any atom is -0.481 e. The molecule has 0 spiro atoms. The molecule has 7 atom stereocenters. The lowest BCUT2D eigenvalue weighted by Gasteiger charge is -2.60. The van der Waals surface area contributed by atoms with Crippen molar-refractivity contribution in [3.8, 4) is 0 Å². The average molecular weight is 531 g/mol. The lowest BCUT2D eigenvalue weighted by atomic mass is 9.42. The predicted molar refractivity (Wildman–Crippen MR) is 134 cm³/mol. The van der Waals surface area contributed by atoms with Crippen molar-refractivity contribution in [2.24, 2.45) is 33.5 Å². The van der Waals surface area contributed by atoms with E-state index in [-0.39, 0.29) is 60.6 Å². The van der Waals surface area contributed by atoms with Crippen LogP contribution in [0, 0.1) is 33.5 Å². The van der Waals surface area contributed by atoms with Crippen molar-refractivity contribution >= 4 is 35.1 Å². The van der Waals surface area contributed by atoms with Crippen molar-refractivity contribution in [1.82, 2.24) is 0 Å². The molecule has 9 heteroatoms. The second-order valence-corrected chi connectivity index (χ2v) is 13.2. The Hall–Kier alpha value is -2.68. The first-order valence-electron chi connectivity index (χ1n) is 13.3. The van der Waals surface area contributed by atoms with E-state index in [0.29, 0.717) is 6.42 Å². The molecule has 0 aromatic carbocycles. The van der Waals surface area contributed by atoms with Crippen molar-refractivity contribution in [2.75, 3.05) is 0 Å². The largest absolute Gasteiger partial charge is 0.481 e. The first kappa shape index (κ1) is 28.3. The summed E-state index contributed by atoms with van der Waals surface area (Å²) >= 11 is 0. The summed E-state index contributed by atoms with van der Waals surface area (Å²) in [6.07, 6.45) is -1.70. The first-order chi connectivity index (χ1) is 17.3. The highest BCUT2D eigenvalue weighted by molar-refractivity contribution is 6.18. The SMILES string of the molecule is CC(=O)O[C@@H]1C(=O)C2=C(C(=O)C[C@H]3C(C)(C)C(=O)CC[C@]23C)[C@]2(C)C(=O)C[C@H]([C@@](C)(O)CCC(=O)O)[C@@]12C. The molecule has 2 fully saturated rings. The van der Waals surface area contributed by atoms with Gasteiger partial charge in [0.05, 0.1) is 11.0 Å². The molecular formula is C29H38O9. The molecule has 0 amide bonds. The van der Waals surface area contributed by atoms with E-state index >= 15 is 0 Å². The number of esters is 1. The number of carboxylic acid groups (broad SMARTS) is 1. The van der Waals surface area contributed by atoms with E-state index in [2.05, 4.69) is 0 Å². The number of fused-ring (bicyclic) bond motifs is 4. The third-order valence-corrected chi connectivity index (χ3v) is 10.9. The number of aliphatic carboxylic acids is 1. The molecule has 0 aromatic rings. The number of allylic oxidation sites excluding steroid dienone is 1. The van der Waals surface area contributed by atoms with Crippen molar-refractivity contribution in [1.29, 1.82) is 0 Å². The van der Waals surface area contributed by atoms with Crippen LogP contribution in [0.5, 0.6) is 0 Å². The molecule has 2 N–H and O–H groups in total. The molecule has 0 unspecified atom stereocenters. The molecule has 4 aliphatic carbocycles. The molecule has 4 aliphatic rings. The molecule has 4 rings (SSSR count). The Morgan fingerprint density at radius 1 is 1.00 bits per heavy atom. The van der Waals surface area contributed by atoms with Crippen molar-refractivity contribution < 1.29 is 43.7 Å². The minimum absolute atomic E-state index is 0.00138. The van der Waals surface area contributed by atoms with Crippen molar-refractivity contribution in [2.45, 2.75) is 98.7 Å². The van der Waals surface area contributed by atoms with E-state index < -0.39 is 62.9 Å². The number of hydrogen-bond acceptors (Lipinski definition) is 8. The number of hydrogen-bond donors (Lipinski definition) is 2. The summed E-state index contributed by atoms with van der Waals surface area (Å²) in [6.45, 7) is 11.2. The normalized spacial score (nSPS) is 39.7. The maximum atomic E-state index is 14.5. The first-order valence-corrected chi connectivity index (χ1v) is 13.3. The van der Waals surface area contributed by atoms with E-state index in [1.807, 2.05) is 6.92 Å². The second-order valence-electron chi connectivity index (χ2n) is 13.2. The monoisotopic (exact) mass is 530 g/mol. The molecule has 0 bridgehead atoms. The van der Waals surface area contributed by atoms with E-state index in [0.717, 1.165) is 6.92 Å². The standard InChI is InChI=1S/C29H38O9/c1-14(30)38-24-23(36)22-21(15(31)12-16-25(2,3)18(32)8-10-26(16,22)4)29(7)19(33)13-17(28(24,29)6)27(5,37)11-9-20(34)35/h16-17,24,37H,8-13H2,1-7H3,(H,34,35)/t16-,17+,24+,26-,27-,28-,29-/m0/s1. The fourth-order valence-electron chi connectivity index (χ4n) is 8.54. The predicted octanol–water partition coefficient (Wildman–Crippen LogP) is 3.00. The van der Waals surface area contributed by atoms with Crippen LogP contribution >= 0.6 is 0 Å². The average Bonchev–Trinajstić information content (AvgIpc) is 3.02. The van der Waals surface area contributed by atoms with Gasteiger partial charge < -0.3 is 14.9 Å². The Morgan fingerprint density at radius 2 is 1.61 bits per heavy atom. The Bertz CT molecular complexity index is 1210. The minimum atomic E-state index is -1.71. The van der Waals surface area contributed by atoms with Crippen LogP contribution in [0.2, 0.25) is 0 Å². The maximum Gasteiger partial charge on any atom is 0.303 e. The number of carbonyl (C=O) groups excluding carboxylic acids is 5. The molecule has 0 heterocycles. The van der Waals surface area contributed by atoms with Crippen LogP contribution in [0.4, 0.5) is 0 Å². The van der Waals surface area contributed by atoms with E-state index in [1.165, 1.54) is 6.92 Å². The Morgan fingerprint density at radius 3 is 2.16 bits per heavy atom. The van der Waals surface area contributed by atoms with E-state index in [9.17, 15) is 39.0 Å². The second kappa shape index (κ2) is 8.41. The molecule has 0 aromatic heterocycles. The van der Waals surface area contributed by atoms with Gasteiger partial charge in [0.1, 0.15) is 11.6 Å². The fourth-order valence-corrected chi connectivity index (χ4v) is 8.54. The van der Waals surface area contributed by atoms with Crippen LogP contribution in [-0.2, 0) is 33.5 Å². The molecule has 0 saturated heterocycles. The number of aliphatic hydroxyl groups is 1. The van der Waals surface area contributed by atoms with Crippen LogP contribution < -0.4 is 0 Å². The maximum absolute atomic E-state index is 14.5. The van der Waals surface area contributed by atoms with Gasteiger partial charge in [-0.25, -0.2) is 0 Å². The van der Waals surface area contributed by atoms with Crippen LogP contribution in [-0.4, -0.2) is 57.0 Å². The van der Waals surface area contributed by atoms with Gasteiger partial charge in [-0.1, -0.05) is 27.7 Å². The van der Waals surface area contributed by atoms with Crippen LogP contribution in [0.25, 0.3) is 0 Å². The zero-order valence-corrected chi connectivity index (χ0v) is 23.2. The van der Waals surface area contributed by atoms with Gasteiger partial charge in [0.15, 0.2) is 11.9 Å².